The third-order valence-electron chi connectivity index (χ3n) is 2.95. The van der Waals surface area contributed by atoms with E-state index in [1.807, 2.05) is 13.1 Å². The first-order valence-corrected chi connectivity index (χ1v) is 5.14. The second-order valence-corrected chi connectivity index (χ2v) is 3.90. The molecule has 5 nitrogen and oxygen atoms in total. The molecule has 1 aliphatic rings. The van der Waals surface area contributed by atoms with Crippen LogP contribution in [0.3, 0.4) is 0 Å². The minimum absolute atomic E-state index is 0.0609. The van der Waals surface area contributed by atoms with E-state index in [0.717, 1.165) is 5.69 Å². The van der Waals surface area contributed by atoms with Gasteiger partial charge in [-0.15, -0.1) is 0 Å². The number of hydrogen-bond donors (Lipinski definition) is 1. The highest BCUT2D eigenvalue weighted by atomic mass is 16.5. The predicted octanol–water partition coefficient (Wildman–Crippen LogP) is 0.415. The molecule has 0 radical (unpaired) electrons. The van der Waals surface area contributed by atoms with Crippen LogP contribution >= 0.6 is 0 Å². The zero-order valence-corrected chi connectivity index (χ0v) is 9.32. The van der Waals surface area contributed by atoms with Crippen LogP contribution in [0.1, 0.15) is 28.5 Å². The van der Waals surface area contributed by atoms with Crippen molar-refractivity contribution in [1.29, 1.82) is 0 Å². The number of hydrogen-bond acceptors (Lipinski definition) is 3. The number of carbonyl (C=O) groups excluding carboxylic acids is 2. The molecule has 1 aromatic heterocycles. The molecule has 5 heteroatoms. The van der Waals surface area contributed by atoms with Gasteiger partial charge in [0.1, 0.15) is 5.69 Å². The van der Waals surface area contributed by atoms with Crippen molar-refractivity contribution < 1.29 is 14.3 Å². The van der Waals surface area contributed by atoms with Crippen molar-refractivity contribution in [3.8, 4) is 0 Å². The highest BCUT2D eigenvalue weighted by Gasteiger charge is 2.26. The van der Waals surface area contributed by atoms with Gasteiger partial charge in [-0.2, -0.15) is 0 Å². The molecule has 1 amide bonds. The molecule has 0 bridgehead atoms. The van der Waals surface area contributed by atoms with Crippen LogP contribution in [0.4, 0.5) is 0 Å². The summed E-state index contributed by atoms with van der Waals surface area (Å²) >= 11 is 0. The smallest absolute Gasteiger partial charge is 0.354 e. The van der Waals surface area contributed by atoms with Crippen molar-refractivity contribution >= 4 is 11.9 Å². The molecule has 1 saturated heterocycles. The maximum Gasteiger partial charge on any atom is 0.354 e. The molecule has 2 heterocycles. The normalized spacial score (nSPS) is 19.6. The zero-order chi connectivity index (χ0) is 11.7. The van der Waals surface area contributed by atoms with E-state index in [-0.39, 0.29) is 17.8 Å². The minimum atomic E-state index is -0.356. The van der Waals surface area contributed by atoms with Crippen LogP contribution in [0.2, 0.25) is 0 Å². The highest BCUT2D eigenvalue weighted by molar-refractivity contribution is 5.88. The van der Waals surface area contributed by atoms with Crippen LogP contribution in [-0.2, 0) is 16.6 Å². The molecule has 0 spiro atoms. The number of methoxy groups -OCH3 is 1. The van der Waals surface area contributed by atoms with Crippen LogP contribution in [0.25, 0.3) is 0 Å². The summed E-state index contributed by atoms with van der Waals surface area (Å²) in [6, 6.07) is 3.60. The average Bonchev–Trinajstić information content (AvgIpc) is 2.83. The lowest BCUT2D eigenvalue weighted by atomic mass is 10.1. The van der Waals surface area contributed by atoms with Gasteiger partial charge in [-0.1, -0.05) is 0 Å². The number of amides is 1. The van der Waals surface area contributed by atoms with E-state index in [1.165, 1.54) is 7.11 Å². The topological polar surface area (TPSA) is 60.3 Å². The van der Waals surface area contributed by atoms with Gasteiger partial charge in [-0.05, 0) is 12.1 Å². The first-order chi connectivity index (χ1) is 7.63. The summed E-state index contributed by atoms with van der Waals surface area (Å²) in [5, 5.41) is 2.78. The Labute approximate surface area is 93.4 Å². The fourth-order valence-electron chi connectivity index (χ4n) is 2.06. The maximum atomic E-state index is 11.4. The first-order valence-electron chi connectivity index (χ1n) is 5.14. The van der Waals surface area contributed by atoms with Gasteiger partial charge in [-0.25, -0.2) is 4.79 Å². The number of aromatic nitrogens is 1. The van der Waals surface area contributed by atoms with E-state index < -0.39 is 0 Å². The van der Waals surface area contributed by atoms with Gasteiger partial charge in [0, 0.05) is 31.6 Å². The summed E-state index contributed by atoms with van der Waals surface area (Å²) in [5.74, 6) is -0.146. The van der Waals surface area contributed by atoms with Crippen molar-refractivity contribution in [3.05, 3.63) is 23.5 Å². The van der Waals surface area contributed by atoms with Gasteiger partial charge in [0.2, 0.25) is 5.91 Å². The van der Waals surface area contributed by atoms with E-state index in [1.54, 1.807) is 10.6 Å². The summed E-state index contributed by atoms with van der Waals surface area (Å²) in [6.45, 7) is 0.636. The molecule has 1 aliphatic heterocycles. The lowest BCUT2D eigenvalue weighted by Crippen LogP contribution is -2.15. The minimum Gasteiger partial charge on any atom is -0.464 e. The van der Waals surface area contributed by atoms with E-state index in [9.17, 15) is 9.59 Å². The second-order valence-electron chi connectivity index (χ2n) is 3.90. The molecular weight excluding hydrogens is 208 g/mol. The van der Waals surface area contributed by atoms with Crippen molar-refractivity contribution in [3.63, 3.8) is 0 Å². The lowest BCUT2D eigenvalue weighted by Gasteiger charge is -2.10. The summed E-state index contributed by atoms with van der Waals surface area (Å²) in [5.41, 5.74) is 1.50. The molecule has 1 unspecified atom stereocenters. The van der Waals surface area contributed by atoms with E-state index >= 15 is 0 Å². The van der Waals surface area contributed by atoms with Crippen molar-refractivity contribution in [1.82, 2.24) is 9.88 Å². The Balaban J connectivity index is 2.26. The number of ether oxygens (including phenoxy) is 1. The van der Waals surface area contributed by atoms with Gasteiger partial charge in [0.25, 0.3) is 0 Å². The Morgan fingerprint density at radius 3 is 2.88 bits per heavy atom. The summed E-state index contributed by atoms with van der Waals surface area (Å²) in [4.78, 5) is 22.5. The molecule has 0 aromatic carbocycles. The second kappa shape index (κ2) is 4.00. The average molecular weight is 222 g/mol. The fourth-order valence-corrected chi connectivity index (χ4v) is 2.06. The Hall–Kier alpha value is -1.78. The molecule has 16 heavy (non-hydrogen) atoms. The van der Waals surface area contributed by atoms with Crippen LogP contribution in [0, 0.1) is 0 Å². The maximum absolute atomic E-state index is 11.4. The molecule has 1 N–H and O–H groups in total. The van der Waals surface area contributed by atoms with Crippen LogP contribution in [-0.4, -0.2) is 30.1 Å². The standard InChI is InChI=1S/C11H14N2O3/c1-13-8(7-5-10(14)12-6-7)3-4-9(13)11(15)16-2/h3-4,7H,5-6H2,1-2H3,(H,12,14). The number of rotatable bonds is 2. The lowest BCUT2D eigenvalue weighted by molar-refractivity contribution is -0.119. The van der Waals surface area contributed by atoms with E-state index in [0.29, 0.717) is 18.7 Å². The predicted molar refractivity (Wildman–Crippen MR) is 57.1 cm³/mol. The van der Waals surface area contributed by atoms with Crippen molar-refractivity contribution in [2.75, 3.05) is 13.7 Å². The molecule has 86 valence electrons. The van der Waals surface area contributed by atoms with Crippen LogP contribution < -0.4 is 5.32 Å². The molecule has 2 rings (SSSR count). The number of carbonyl (C=O) groups is 2. The first kappa shape index (κ1) is 10.7. The van der Waals surface area contributed by atoms with Crippen molar-refractivity contribution in [2.24, 2.45) is 7.05 Å². The van der Waals surface area contributed by atoms with Crippen molar-refractivity contribution in [2.45, 2.75) is 12.3 Å². The summed E-state index contributed by atoms with van der Waals surface area (Å²) in [6.07, 6.45) is 0.485. The van der Waals surface area contributed by atoms with Gasteiger partial charge in [0.05, 0.1) is 7.11 Å². The Kier molecular flexibility index (Phi) is 2.68. The van der Waals surface area contributed by atoms with Gasteiger partial charge in [0.15, 0.2) is 0 Å². The number of esters is 1. The molecule has 1 fully saturated rings. The van der Waals surface area contributed by atoms with Gasteiger partial charge < -0.3 is 14.6 Å². The van der Waals surface area contributed by atoms with E-state index in [2.05, 4.69) is 10.1 Å². The molecule has 0 aliphatic carbocycles. The Morgan fingerprint density at radius 2 is 2.31 bits per heavy atom. The SMILES string of the molecule is COC(=O)c1ccc(C2CNC(=O)C2)n1C. The van der Waals surface area contributed by atoms with E-state index in [4.69, 9.17) is 0 Å². The molecular formula is C11H14N2O3. The molecule has 1 atom stereocenters. The summed E-state index contributed by atoms with van der Waals surface area (Å²) < 4.78 is 6.46. The highest BCUT2D eigenvalue weighted by Crippen LogP contribution is 2.24. The van der Waals surface area contributed by atoms with Gasteiger partial charge in [-0.3, -0.25) is 4.79 Å². The number of nitrogens with one attached hydrogen (secondary N) is 1. The largest absolute Gasteiger partial charge is 0.464 e. The summed E-state index contributed by atoms with van der Waals surface area (Å²) in [7, 11) is 3.17. The molecule has 1 aromatic rings. The van der Waals surface area contributed by atoms with Gasteiger partial charge >= 0.3 is 5.97 Å². The number of nitrogens with zero attached hydrogens (tertiary/aromatic N) is 1. The third kappa shape index (κ3) is 1.68. The third-order valence-corrected chi connectivity index (χ3v) is 2.95. The zero-order valence-electron chi connectivity index (χ0n) is 9.32. The quantitative estimate of drug-likeness (QED) is 0.737. The van der Waals surface area contributed by atoms with Crippen LogP contribution in [0.15, 0.2) is 12.1 Å². The monoisotopic (exact) mass is 222 g/mol. The fraction of sp³-hybridized carbons (Fsp3) is 0.455. The Morgan fingerprint density at radius 1 is 1.56 bits per heavy atom. The molecule has 0 saturated carbocycles. The van der Waals surface area contributed by atoms with Crippen LogP contribution in [0.5, 0.6) is 0 Å². The Bertz CT molecular complexity index is 436.